The summed E-state index contributed by atoms with van der Waals surface area (Å²) in [6, 6.07) is 2.12. The summed E-state index contributed by atoms with van der Waals surface area (Å²) in [5, 5.41) is 21.9. The predicted octanol–water partition coefficient (Wildman–Crippen LogP) is -0.200. The lowest BCUT2D eigenvalue weighted by molar-refractivity contribution is -0.0339. The monoisotopic (exact) mass is 184 g/mol. The first-order valence-corrected chi connectivity index (χ1v) is 4.38. The number of nitrogens with zero attached hydrogens (tertiary/aromatic N) is 3. The summed E-state index contributed by atoms with van der Waals surface area (Å²) in [6.45, 7) is 1.60. The molecule has 1 aliphatic heterocycles. The van der Waals surface area contributed by atoms with E-state index in [0.717, 1.165) is 13.1 Å². The number of nitrogens with one attached hydrogen (secondary N) is 1. The van der Waals surface area contributed by atoms with E-state index in [1.54, 1.807) is 0 Å². The second-order valence-electron chi connectivity index (χ2n) is 3.61. The molecule has 0 unspecified atom stereocenters. The molecule has 5 heteroatoms. The van der Waals surface area contributed by atoms with Crippen molar-refractivity contribution in [2.45, 2.75) is 18.4 Å². The molecule has 74 valence electrons. The molecular weight excluding hydrogens is 168 g/mol. The van der Waals surface area contributed by atoms with E-state index in [9.17, 15) is 0 Å². The van der Waals surface area contributed by atoms with Crippen LogP contribution in [0.25, 0.3) is 0 Å². The van der Waals surface area contributed by atoms with Crippen LogP contribution in [0.15, 0.2) is 0 Å². The fourth-order valence-corrected chi connectivity index (χ4v) is 1.53. The van der Waals surface area contributed by atoms with Crippen LogP contribution in [0.5, 0.6) is 0 Å². The molecule has 0 spiro atoms. The van der Waals surface area contributed by atoms with Crippen LogP contribution in [0.1, 0.15) is 12.8 Å². The molecule has 0 aromatic rings. The van der Waals surface area contributed by atoms with Crippen molar-refractivity contribution in [2.75, 3.05) is 27.2 Å². The minimum absolute atomic E-state index is 0.651. The largest absolute Gasteiger partial charge is 0.315 e. The summed E-state index contributed by atoms with van der Waals surface area (Å²) in [4.78, 5) is 0. The highest BCUT2D eigenvalue weighted by Gasteiger charge is 2.34. The lowest BCUT2D eigenvalue weighted by Gasteiger charge is -2.39. The lowest BCUT2D eigenvalue weighted by atomic mass is 9.91. The third-order valence-electron chi connectivity index (χ3n) is 2.59. The van der Waals surface area contributed by atoms with Crippen LogP contribution >= 0.6 is 0 Å². The van der Waals surface area contributed by atoms with Crippen molar-refractivity contribution in [1.82, 2.24) is 15.5 Å². The van der Waals surface area contributed by atoms with Gasteiger partial charge in [-0.25, -0.2) is 10.0 Å². The molecule has 0 bridgehead atoms. The molecule has 1 aliphatic rings. The highest BCUT2D eigenvalue weighted by Crippen LogP contribution is 2.20. The average Bonchev–Trinajstić information content (AvgIpc) is 2.18. The molecular formula is C8H16N4O. The van der Waals surface area contributed by atoms with Crippen molar-refractivity contribution < 1.29 is 5.21 Å². The van der Waals surface area contributed by atoms with Crippen molar-refractivity contribution in [1.29, 1.82) is 5.26 Å². The molecule has 0 amide bonds. The highest BCUT2D eigenvalue weighted by atomic mass is 16.5. The van der Waals surface area contributed by atoms with Crippen molar-refractivity contribution >= 4 is 0 Å². The summed E-state index contributed by atoms with van der Waals surface area (Å²) < 4.78 is 0. The summed E-state index contributed by atoms with van der Waals surface area (Å²) in [7, 11) is 3.96. The smallest absolute Gasteiger partial charge is 0.131 e. The summed E-state index contributed by atoms with van der Waals surface area (Å²) in [5.74, 6) is 0. The number of hydroxylamine groups is 1. The van der Waals surface area contributed by atoms with Gasteiger partial charge in [0, 0.05) is 27.2 Å². The summed E-state index contributed by atoms with van der Waals surface area (Å²) >= 11 is 0. The van der Waals surface area contributed by atoms with E-state index in [1.807, 2.05) is 19.1 Å². The molecule has 1 saturated heterocycles. The van der Waals surface area contributed by atoms with Crippen LogP contribution in [0, 0.1) is 11.3 Å². The Labute approximate surface area is 78.5 Å². The van der Waals surface area contributed by atoms with E-state index in [1.165, 1.54) is 0 Å². The Hall–Kier alpha value is -0.670. The van der Waals surface area contributed by atoms with E-state index in [4.69, 9.17) is 10.5 Å². The number of piperidine rings is 1. The van der Waals surface area contributed by atoms with Crippen molar-refractivity contribution in [3.8, 4) is 6.07 Å². The maximum absolute atomic E-state index is 8.86. The number of nitriles is 1. The maximum atomic E-state index is 8.86. The predicted molar refractivity (Wildman–Crippen MR) is 47.8 cm³/mol. The first-order chi connectivity index (χ1) is 6.13. The summed E-state index contributed by atoms with van der Waals surface area (Å²) in [5.41, 5.74) is 1.39. The highest BCUT2D eigenvalue weighted by molar-refractivity contribution is 5.07. The van der Waals surface area contributed by atoms with E-state index in [2.05, 4.69) is 16.6 Å². The van der Waals surface area contributed by atoms with Gasteiger partial charge >= 0.3 is 0 Å². The SMILES string of the molecule is CN(C)N1CCC(C#N)(NO)CC1. The molecule has 0 radical (unpaired) electrons. The van der Waals surface area contributed by atoms with Gasteiger partial charge < -0.3 is 5.21 Å². The van der Waals surface area contributed by atoms with Crippen LogP contribution in [0.3, 0.4) is 0 Å². The Morgan fingerprint density at radius 2 is 2.00 bits per heavy atom. The van der Waals surface area contributed by atoms with Crippen LogP contribution in [-0.4, -0.2) is 47.9 Å². The van der Waals surface area contributed by atoms with E-state index in [0.29, 0.717) is 12.8 Å². The van der Waals surface area contributed by atoms with Crippen molar-refractivity contribution in [2.24, 2.45) is 0 Å². The Morgan fingerprint density at radius 3 is 2.31 bits per heavy atom. The topological polar surface area (TPSA) is 62.5 Å². The Bertz CT molecular complexity index is 203. The maximum Gasteiger partial charge on any atom is 0.131 e. The Balaban J connectivity index is 2.51. The zero-order chi connectivity index (χ0) is 9.90. The van der Waals surface area contributed by atoms with E-state index in [-0.39, 0.29) is 0 Å². The molecule has 0 atom stereocenters. The van der Waals surface area contributed by atoms with Crippen LogP contribution < -0.4 is 5.48 Å². The minimum atomic E-state index is -0.730. The number of hydrogen-bond donors (Lipinski definition) is 2. The lowest BCUT2D eigenvalue weighted by Crippen LogP contribution is -2.54. The first kappa shape index (κ1) is 10.4. The van der Waals surface area contributed by atoms with Gasteiger partial charge in [-0.15, -0.1) is 0 Å². The van der Waals surface area contributed by atoms with Gasteiger partial charge in [0.1, 0.15) is 5.54 Å². The molecule has 13 heavy (non-hydrogen) atoms. The van der Waals surface area contributed by atoms with Crippen LogP contribution in [0.4, 0.5) is 0 Å². The molecule has 1 rings (SSSR count). The van der Waals surface area contributed by atoms with Gasteiger partial charge in [-0.05, 0) is 12.8 Å². The van der Waals surface area contributed by atoms with Gasteiger partial charge in [-0.3, -0.25) is 0 Å². The van der Waals surface area contributed by atoms with Gasteiger partial charge in [0.25, 0.3) is 0 Å². The fourth-order valence-electron chi connectivity index (χ4n) is 1.53. The molecule has 0 aliphatic carbocycles. The third kappa shape index (κ3) is 2.17. The van der Waals surface area contributed by atoms with Gasteiger partial charge in [0.15, 0.2) is 0 Å². The van der Waals surface area contributed by atoms with Gasteiger partial charge in [0.2, 0.25) is 0 Å². The minimum Gasteiger partial charge on any atom is -0.315 e. The quantitative estimate of drug-likeness (QED) is 0.582. The van der Waals surface area contributed by atoms with Gasteiger partial charge in [-0.1, -0.05) is 0 Å². The Morgan fingerprint density at radius 1 is 1.46 bits per heavy atom. The second kappa shape index (κ2) is 4.03. The van der Waals surface area contributed by atoms with Gasteiger partial charge in [-0.2, -0.15) is 10.7 Å². The molecule has 2 N–H and O–H groups in total. The Kier molecular flexibility index (Phi) is 3.22. The van der Waals surface area contributed by atoms with Crippen molar-refractivity contribution in [3.63, 3.8) is 0 Å². The first-order valence-electron chi connectivity index (χ1n) is 4.38. The normalized spacial score (nSPS) is 23.0. The molecule has 1 heterocycles. The fraction of sp³-hybridized carbons (Fsp3) is 0.875. The second-order valence-corrected chi connectivity index (χ2v) is 3.61. The average molecular weight is 184 g/mol. The van der Waals surface area contributed by atoms with E-state index >= 15 is 0 Å². The van der Waals surface area contributed by atoms with E-state index < -0.39 is 5.54 Å². The zero-order valence-electron chi connectivity index (χ0n) is 8.12. The molecule has 0 aromatic carbocycles. The molecule has 1 fully saturated rings. The third-order valence-corrected chi connectivity index (χ3v) is 2.59. The molecule has 0 saturated carbocycles. The molecule has 5 nitrogen and oxygen atoms in total. The molecule has 0 aromatic heterocycles. The van der Waals surface area contributed by atoms with Crippen LogP contribution in [0.2, 0.25) is 0 Å². The summed E-state index contributed by atoms with van der Waals surface area (Å²) in [6.07, 6.45) is 1.30. The zero-order valence-corrected chi connectivity index (χ0v) is 8.12. The van der Waals surface area contributed by atoms with Gasteiger partial charge in [0.05, 0.1) is 6.07 Å². The van der Waals surface area contributed by atoms with Crippen molar-refractivity contribution in [3.05, 3.63) is 0 Å². The number of hydrogen-bond acceptors (Lipinski definition) is 5. The number of rotatable bonds is 2. The number of hydrazine groups is 1. The van der Waals surface area contributed by atoms with Crippen LogP contribution in [-0.2, 0) is 0 Å². The standard InChI is InChI=1S/C8H16N4O/c1-11(2)12-5-3-8(7-9,10-13)4-6-12/h10,13H,3-6H2,1-2H3.